The van der Waals surface area contributed by atoms with Crippen LogP contribution in [0, 0.1) is 11.6 Å². The third kappa shape index (κ3) is 8.39. The molecule has 0 heterocycles. The Kier molecular flexibility index (Phi) is 10.7. The van der Waals surface area contributed by atoms with Crippen molar-refractivity contribution in [2.75, 3.05) is 24.2 Å². The molecule has 8 nitrogen and oxygen atoms in total. The van der Waals surface area contributed by atoms with E-state index >= 15 is 0 Å². The second-order valence-electron chi connectivity index (χ2n) is 9.82. The number of halogens is 2. The number of rotatable bonds is 13. The van der Waals surface area contributed by atoms with E-state index in [-0.39, 0.29) is 49.5 Å². The molecule has 0 aliphatic heterocycles. The van der Waals surface area contributed by atoms with E-state index in [1.54, 1.807) is 19.2 Å². The Morgan fingerprint density at radius 2 is 1.74 bits per heavy atom. The molecule has 2 aromatic rings. The number of hydrogen-bond donors (Lipinski definition) is 1. The predicted molar refractivity (Wildman–Crippen MR) is 146 cm³/mol. The molecule has 3 rings (SSSR count). The van der Waals surface area contributed by atoms with Gasteiger partial charge in [0.25, 0.3) is 0 Å². The molecule has 1 N–H and O–H groups in total. The molecule has 1 aliphatic rings. The van der Waals surface area contributed by atoms with Crippen LogP contribution in [0.1, 0.15) is 57.4 Å². The summed E-state index contributed by atoms with van der Waals surface area (Å²) in [5.74, 6) is -2.09. The van der Waals surface area contributed by atoms with Crippen molar-refractivity contribution in [3.8, 4) is 5.75 Å². The summed E-state index contributed by atoms with van der Waals surface area (Å²) < 4.78 is 58.1. The Labute approximate surface area is 229 Å². The minimum absolute atomic E-state index is 0.0266. The molecular formula is C28H37F2N3O5S. The van der Waals surface area contributed by atoms with Gasteiger partial charge in [0, 0.05) is 31.6 Å². The van der Waals surface area contributed by atoms with Crippen molar-refractivity contribution < 1.29 is 31.5 Å². The Bertz CT molecular complexity index is 1230. The van der Waals surface area contributed by atoms with Gasteiger partial charge in [0.05, 0.1) is 19.1 Å². The fourth-order valence-electron chi connectivity index (χ4n) is 4.86. The zero-order valence-electron chi connectivity index (χ0n) is 22.7. The minimum atomic E-state index is -3.83. The van der Waals surface area contributed by atoms with Crippen LogP contribution in [0.4, 0.5) is 14.5 Å². The average molecular weight is 566 g/mol. The van der Waals surface area contributed by atoms with Crippen molar-refractivity contribution >= 4 is 27.5 Å². The number of nitrogens with zero attached hydrogens (tertiary/aromatic N) is 2. The first-order valence-corrected chi connectivity index (χ1v) is 15.0. The molecule has 0 spiro atoms. The predicted octanol–water partition coefficient (Wildman–Crippen LogP) is 4.39. The van der Waals surface area contributed by atoms with Gasteiger partial charge in [0.15, 0.2) is 11.6 Å². The summed E-state index contributed by atoms with van der Waals surface area (Å²) in [5.41, 5.74) is 0.789. The van der Waals surface area contributed by atoms with Crippen molar-refractivity contribution in [3.63, 3.8) is 0 Å². The highest BCUT2D eigenvalue weighted by Gasteiger charge is 2.30. The average Bonchev–Trinajstić information content (AvgIpc) is 3.40. The molecule has 39 heavy (non-hydrogen) atoms. The molecule has 1 atom stereocenters. The lowest BCUT2D eigenvalue weighted by Gasteiger charge is -2.32. The van der Waals surface area contributed by atoms with Crippen LogP contribution in [-0.2, 0) is 26.2 Å². The molecule has 0 bridgehead atoms. The van der Waals surface area contributed by atoms with E-state index in [2.05, 4.69) is 5.32 Å². The molecule has 11 heteroatoms. The second kappa shape index (κ2) is 13.7. The van der Waals surface area contributed by atoms with Gasteiger partial charge in [-0.1, -0.05) is 31.9 Å². The van der Waals surface area contributed by atoms with Crippen LogP contribution in [0.3, 0.4) is 0 Å². The lowest BCUT2D eigenvalue weighted by atomic mass is 10.1. The normalized spacial score (nSPS) is 14.6. The number of carbonyl (C=O) groups is 2. The van der Waals surface area contributed by atoms with E-state index in [9.17, 15) is 26.8 Å². The molecule has 1 aliphatic carbocycles. The molecule has 1 saturated carbocycles. The molecule has 214 valence electrons. The number of nitrogens with one attached hydrogen (secondary N) is 1. The Hall–Kier alpha value is -3.21. The van der Waals surface area contributed by atoms with Crippen LogP contribution in [0.2, 0.25) is 0 Å². The number of ether oxygens (including phenoxy) is 1. The number of hydrogen-bond acceptors (Lipinski definition) is 5. The van der Waals surface area contributed by atoms with Gasteiger partial charge >= 0.3 is 0 Å². The third-order valence-electron chi connectivity index (χ3n) is 6.94. The summed E-state index contributed by atoms with van der Waals surface area (Å²) in [6, 6.07) is 9.48. The maximum atomic E-state index is 13.8. The van der Waals surface area contributed by atoms with Gasteiger partial charge < -0.3 is 15.0 Å². The number of sulfonamides is 1. The Balaban J connectivity index is 1.77. The maximum absolute atomic E-state index is 13.8. The van der Waals surface area contributed by atoms with E-state index in [0.29, 0.717) is 12.2 Å². The minimum Gasteiger partial charge on any atom is -0.497 e. The van der Waals surface area contributed by atoms with E-state index in [1.165, 1.54) is 11.0 Å². The van der Waals surface area contributed by atoms with E-state index in [1.807, 2.05) is 19.1 Å². The first-order chi connectivity index (χ1) is 18.5. The van der Waals surface area contributed by atoms with Crippen LogP contribution >= 0.6 is 0 Å². The van der Waals surface area contributed by atoms with Gasteiger partial charge in [-0.2, -0.15) is 0 Å². The van der Waals surface area contributed by atoms with Crippen molar-refractivity contribution in [1.29, 1.82) is 0 Å². The summed E-state index contributed by atoms with van der Waals surface area (Å²) in [6.07, 6.45) is 5.40. The van der Waals surface area contributed by atoms with Gasteiger partial charge in [0.2, 0.25) is 21.8 Å². The summed E-state index contributed by atoms with van der Waals surface area (Å²) in [6.45, 7) is 1.93. The number of benzene rings is 2. The standard InChI is InChI=1S/C28H37F2N3O5S/c1-4-26(28(35)31-21-8-5-6-9-21)32(19-20-11-14-23(38-2)15-12-20)27(34)10-7-17-33(39(3,36)37)22-13-16-24(29)25(30)18-22/h11-16,18,21,26H,4-10,17,19H2,1-3H3,(H,31,35)/t26-/m0/s1. The second-order valence-corrected chi connectivity index (χ2v) is 11.7. The van der Waals surface area contributed by atoms with Gasteiger partial charge in [-0.15, -0.1) is 0 Å². The Morgan fingerprint density at radius 1 is 1.08 bits per heavy atom. The lowest BCUT2D eigenvalue weighted by Crippen LogP contribution is -2.51. The topological polar surface area (TPSA) is 96.0 Å². The van der Waals surface area contributed by atoms with Crippen LogP contribution < -0.4 is 14.4 Å². The smallest absolute Gasteiger partial charge is 0.243 e. The molecule has 0 unspecified atom stereocenters. The van der Waals surface area contributed by atoms with Crippen molar-refractivity contribution in [2.24, 2.45) is 0 Å². The van der Waals surface area contributed by atoms with Gasteiger partial charge in [-0.3, -0.25) is 13.9 Å². The summed E-state index contributed by atoms with van der Waals surface area (Å²) >= 11 is 0. The fourth-order valence-corrected chi connectivity index (χ4v) is 5.82. The summed E-state index contributed by atoms with van der Waals surface area (Å²) in [7, 11) is -2.26. The molecule has 2 aromatic carbocycles. The number of anilines is 1. The van der Waals surface area contributed by atoms with E-state index < -0.39 is 27.7 Å². The number of amides is 2. The first kappa shape index (κ1) is 30.3. The SMILES string of the molecule is CC[C@@H](C(=O)NC1CCCC1)N(Cc1ccc(OC)cc1)C(=O)CCCN(c1ccc(F)c(F)c1)S(C)(=O)=O. The van der Waals surface area contributed by atoms with Gasteiger partial charge in [0.1, 0.15) is 11.8 Å². The molecule has 1 fully saturated rings. The zero-order chi connectivity index (χ0) is 28.6. The van der Waals surface area contributed by atoms with Gasteiger partial charge in [-0.25, -0.2) is 17.2 Å². The van der Waals surface area contributed by atoms with E-state index in [4.69, 9.17) is 4.74 Å². The first-order valence-electron chi connectivity index (χ1n) is 13.2. The summed E-state index contributed by atoms with van der Waals surface area (Å²) in [4.78, 5) is 28.3. The van der Waals surface area contributed by atoms with Crippen LogP contribution in [-0.4, -0.2) is 57.1 Å². The fraction of sp³-hybridized carbons (Fsp3) is 0.500. The highest BCUT2D eigenvalue weighted by Crippen LogP contribution is 2.23. The molecule has 2 amide bonds. The zero-order valence-corrected chi connectivity index (χ0v) is 23.5. The quantitative estimate of drug-likeness (QED) is 0.389. The lowest BCUT2D eigenvalue weighted by molar-refractivity contribution is -0.141. The Morgan fingerprint density at radius 3 is 2.31 bits per heavy atom. The highest BCUT2D eigenvalue weighted by molar-refractivity contribution is 7.92. The number of methoxy groups -OCH3 is 1. The van der Waals surface area contributed by atoms with Crippen molar-refractivity contribution in [3.05, 3.63) is 59.7 Å². The molecule has 0 radical (unpaired) electrons. The van der Waals surface area contributed by atoms with Crippen molar-refractivity contribution in [1.82, 2.24) is 10.2 Å². The largest absolute Gasteiger partial charge is 0.497 e. The number of carbonyl (C=O) groups excluding carboxylic acids is 2. The highest BCUT2D eigenvalue weighted by atomic mass is 32.2. The monoisotopic (exact) mass is 565 g/mol. The third-order valence-corrected chi connectivity index (χ3v) is 8.14. The molecular weight excluding hydrogens is 528 g/mol. The molecule has 0 saturated heterocycles. The van der Waals surface area contributed by atoms with Crippen molar-refractivity contribution in [2.45, 2.75) is 70.5 Å². The van der Waals surface area contributed by atoms with Crippen LogP contribution in [0.25, 0.3) is 0 Å². The van der Waals surface area contributed by atoms with Crippen LogP contribution in [0.15, 0.2) is 42.5 Å². The summed E-state index contributed by atoms with van der Waals surface area (Å²) in [5, 5.41) is 3.09. The van der Waals surface area contributed by atoms with E-state index in [0.717, 1.165) is 53.9 Å². The maximum Gasteiger partial charge on any atom is 0.243 e. The van der Waals surface area contributed by atoms with Gasteiger partial charge in [-0.05, 0) is 55.5 Å². The molecule has 0 aromatic heterocycles. The van der Waals surface area contributed by atoms with Crippen LogP contribution in [0.5, 0.6) is 5.75 Å².